The van der Waals surface area contributed by atoms with Gasteiger partial charge in [-0.1, -0.05) is 31.9 Å². The van der Waals surface area contributed by atoms with Gasteiger partial charge in [-0.3, -0.25) is 9.59 Å². The van der Waals surface area contributed by atoms with Crippen molar-refractivity contribution in [3.63, 3.8) is 0 Å². The number of esters is 1. The van der Waals surface area contributed by atoms with Crippen LogP contribution < -0.4 is 15.8 Å². The Morgan fingerprint density at radius 1 is 1.17 bits per heavy atom. The van der Waals surface area contributed by atoms with Crippen molar-refractivity contribution < 1.29 is 19.1 Å². The molecule has 2 aromatic heterocycles. The number of hydrogen-bond acceptors (Lipinski definition) is 8. The van der Waals surface area contributed by atoms with Crippen LogP contribution in [0, 0.1) is 0 Å². The molecule has 10 nitrogen and oxygen atoms in total. The highest BCUT2D eigenvalue weighted by Gasteiger charge is 2.15. The molecule has 3 rings (SSSR count). The van der Waals surface area contributed by atoms with Crippen LogP contribution in [-0.2, 0) is 27.3 Å². The van der Waals surface area contributed by atoms with Crippen LogP contribution in [0.4, 0.5) is 11.8 Å². The number of amides is 1. The van der Waals surface area contributed by atoms with Crippen LogP contribution in [0.15, 0.2) is 30.5 Å². The van der Waals surface area contributed by atoms with Gasteiger partial charge < -0.3 is 30.0 Å². The zero-order chi connectivity index (χ0) is 25.4. The van der Waals surface area contributed by atoms with Crippen molar-refractivity contribution in [3.8, 4) is 5.75 Å². The van der Waals surface area contributed by atoms with Gasteiger partial charge in [-0.2, -0.15) is 4.98 Å². The number of carbonyl (C=O) groups excluding carboxylic acids is 2. The molecular formula is C25H34N6O4. The summed E-state index contributed by atoms with van der Waals surface area (Å²) < 4.78 is 12.7. The fourth-order valence-corrected chi connectivity index (χ4v) is 3.66. The lowest BCUT2D eigenvalue weighted by atomic mass is 10.1. The third kappa shape index (κ3) is 6.84. The van der Waals surface area contributed by atoms with Gasteiger partial charge >= 0.3 is 5.97 Å². The molecular weight excluding hydrogens is 448 g/mol. The van der Waals surface area contributed by atoms with E-state index in [2.05, 4.69) is 26.8 Å². The molecule has 188 valence electrons. The smallest absolute Gasteiger partial charge is 0.310 e. The predicted octanol–water partition coefficient (Wildman–Crippen LogP) is 2.85. The number of ether oxygens (including phenoxy) is 2. The monoisotopic (exact) mass is 482 g/mol. The Labute approximate surface area is 205 Å². The van der Waals surface area contributed by atoms with Gasteiger partial charge in [0.2, 0.25) is 5.95 Å². The number of likely N-dealkylation sites (N-methyl/N-ethyl adjacent to an activating group) is 1. The van der Waals surface area contributed by atoms with E-state index in [9.17, 15) is 9.59 Å². The van der Waals surface area contributed by atoms with Gasteiger partial charge in [0, 0.05) is 32.4 Å². The molecule has 0 aliphatic heterocycles. The molecule has 3 N–H and O–H groups in total. The van der Waals surface area contributed by atoms with Crippen molar-refractivity contribution in [2.75, 3.05) is 45.4 Å². The molecule has 0 spiro atoms. The number of rotatable bonds is 12. The molecule has 3 aromatic rings. The van der Waals surface area contributed by atoms with Gasteiger partial charge in [-0.15, -0.1) is 0 Å². The zero-order valence-corrected chi connectivity index (χ0v) is 20.8. The average molecular weight is 483 g/mol. The van der Waals surface area contributed by atoms with Crippen LogP contribution in [0.25, 0.3) is 11.0 Å². The minimum atomic E-state index is -0.472. The molecule has 1 amide bonds. The van der Waals surface area contributed by atoms with Gasteiger partial charge in [0.1, 0.15) is 11.3 Å². The van der Waals surface area contributed by atoms with Crippen LogP contribution in [-0.4, -0.2) is 65.7 Å². The largest absolute Gasteiger partial charge is 0.496 e. The highest BCUT2D eigenvalue weighted by Crippen LogP contribution is 2.27. The summed E-state index contributed by atoms with van der Waals surface area (Å²) in [4.78, 5) is 33.9. The quantitative estimate of drug-likeness (QED) is 0.298. The van der Waals surface area contributed by atoms with Crippen molar-refractivity contribution in [3.05, 3.63) is 41.6 Å². The molecule has 0 fully saturated rings. The average Bonchev–Trinajstić information content (AvgIpc) is 3.23. The summed E-state index contributed by atoms with van der Waals surface area (Å²) in [6, 6.07) is 7.51. The van der Waals surface area contributed by atoms with Crippen LogP contribution in [0.2, 0.25) is 0 Å². The molecule has 0 aliphatic carbocycles. The standard InChI is InChI=1S/C25H34N6O4/c1-5-6-7-11-27-24-23-19(28-25(26)29-24)10-12-31(23)15-18-9-8-17(13-20(18)34-4)14-22(33)35-16-21(32)30(2)3/h8-10,12-13H,5-7,11,14-16H2,1-4H3,(H3,26,27,28,29). The Balaban J connectivity index is 1.76. The molecule has 1 aromatic carbocycles. The summed E-state index contributed by atoms with van der Waals surface area (Å²) in [6.07, 6.45) is 5.32. The van der Waals surface area contributed by atoms with E-state index in [1.165, 1.54) is 4.90 Å². The number of anilines is 2. The number of nitrogen functional groups attached to an aromatic ring is 1. The maximum atomic E-state index is 12.2. The first-order chi connectivity index (χ1) is 16.8. The maximum absolute atomic E-state index is 12.2. The Kier molecular flexibility index (Phi) is 8.88. The normalized spacial score (nSPS) is 10.9. The van der Waals surface area contributed by atoms with Gasteiger partial charge in [0.05, 0.1) is 25.6 Å². The molecule has 10 heteroatoms. The number of benzene rings is 1. The molecule has 0 bridgehead atoms. The highest BCUT2D eigenvalue weighted by molar-refractivity contribution is 5.87. The van der Waals surface area contributed by atoms with Crippen molar-refractivity contribution in [1.29, 1.82) is 0 Å². The molecule has 35 heavy (non-hydrogen) atoms. The van der Waals surface area contributed by atoms with Gasteiger partial charge in [0.25, 0.3) is 5.91 Å². The number of carbonyl (C=O) groups is 2. The van der Waals surface area contributed by atoms with Crippen molar-refractivity contribution in [1.82, 2.24) is 19.4 Å². The fraction of sp³-hybridized carbons (Fsp3) is 0.440. The topological polar surface area (TPSA) is 125 Å². The Hall–Kier alpha value is -3.82. The maximum Gasteiger partial charge on any atom is 0.310 e. The Bertz CT molecular complexity index is 1170. The molecule has 0 aliphatic rings. The van der Waals surface area contributed by atoms with Gasteiger partial charge in [0.15, 0.2) is 12.4 Å². The van der Waals surface area contributed by atoms with E-state index in [0.29, 0.717) is 18.1 Å². The SMILES string of the molecule is CCCCCNc1nc(N)nc2ccn(Cc3ccc(CC(=O)OCC(=O)N(C)C)cc3OC)c12. The highest BCUT2D eigenvalue weighted by atomic mass is 16.5. The Morgan fingerprint density at radius 2 is 1.97 bits per heavy atom. The van der Waals surface area contributed by atoms with E-state index in [1.807, 2.05) is 30.5 Å². The van der Waals surface area contributed by atoms with Crippen LogP contribution in [0.3, 0.4) is 0 Å². The number of nitrogens with two attached hydrogens (primary N) is 1. The molecule has 0 saturated heterocycles. The fourth-order valence-electron chi connectivity index (χ4n) is 3.66. The van der Waals surface area contributed by atoms with Crippen molar-refractivity contribution in [2.24, 2.45) is 0 Å². The van der Waals surface area contributed by atoms with E-state index >= 15 is 0 Å². The summed E-state index contributed by atoms with van der Waals surface area (Å²) >= 11 is 0. The van der Waals surface area contributed by atoms with Crippen LogP contribution in [0.1, 0.15) is 37.3 Å². The van der Waals surface area contributed by atoms with E-state index in [0.717, 1.165) is 48.0 Å². The molecule has 0 radical (unpaired) electrons. The lowest BCUT2D eigenvalue weighted by Crippen LogP contribution is -2.27. The minimum Gasteiger partial charge on any atom is -0.496 e. The first-order valence-corrected chi connectivity index (χ1v) is 11.7. The lowest BCUT2D eigenvalue weighted by Gasteiger charge is -2.14. The third-order valence-electron chi connectivity index (χ3n) is 5.60. The lowest BCUT2D eigenvalue weighted by molar-refractivity contribution is -0.150. The number of hydrogen-bond donors (Lipinski definition) is 2. The second-order valence-electron chi connectivity index (χ2n) is 8.51. The number of methoxy groups -OCH3 is 1. The second-order valence-corrected chi connectivity index (χ2v) is 8.51. The first-order valence-electron chi connectivity index (χ1n) is 11.7. The van der Waals surface area contributed by atoms with E-state index < -0.39 is 5.97 Å². The van der Waals surface area contributed by atoms with E-state index in [-0.39, 0.29) is 24.9 Å². The zero-order valence-electron chi connectivity index (χ0n) is 20.8. The predicted molar refractivity (Wildman–Crippen MR) is 135 cm³/mol. The summed E-state index contributed by atoms with van der Waals surface area (Å²) in [5, 5.41) is 3.40. The molecule has 0 unspecified atom stereocenters. The van der Waals surface area contributed by atoms with E-state index in [4.69, 9.17) is 15.2 Å². The number of nitrogens with one attached hydrogen (secondary N) is 1. The second kappa shape index (κ2) is 12.0. The first kappa shape index (κ1) is 25.8. The van der Waals surface area contributed by atoms with Crippen molar-refractivity contribution >= 4 is 34.7 Å². The van der Waals surface area contributed by atoms with Crippen molar-refractivity contribution in [2.45, 2.75) is 39.2 Å². The molecule has 0 atom stereocenters. The number of nitrogens with zero attached hydrogens (tertiary/aromatic N) is 4. The summed E-state index contributed by atoms with van der Waals surface area (Å²) in [7, 11) is 4.81. The summed E-state index contributed by atoms with van der Waals surface area (Å²) in [6.45, 7) is 3.22. The Morgan fingerprint density at radius 3 is 2.69 bits per heavy atom. The molecule has 2 heterocycles. The molecule has 0 saturated carbocycles. The third-order valence-corrected chi connectivity index (χ3v) is 5.60. The van der Waals surface area contributed by atoms with E-state index in [1.54, 1.807) is 21.2 Å². The summed E-state index contributed by atoms with van der Waals surface area (Å²) in [5.74, 6) is 0.846. The van der Waals surface area contributed by atoms with Crippen LogP contribution in [0.5, 0.6) is 5.75 Å². The number of aromatic nitrogens is 3. The number of fused-ring (bicyclic) bond motifs is 1. The summed E-state index contributed by atoms with van der Waals surface area (Å²) in [5.41, 5.74) is 9.22. The minimum absolute atomic E-state index is 0.0444. The van der Waals surface area contributed by atoms with Gasteiger partial charge in [-0.05, 0) is 24.1 Å². The number of unbranched alkanes of at least 4 members (excludes halogenated alkanes) is 2. The van der Waals surface area contributed by atoms with Crippen LogP contribution >= 0.6 is 0 Å². The van der Waals surface area contributed by atoms with Gasteiger partial charge in [-0.25, -0.2) is 4.98 Å².